The molecule has 2 rings (SSSR count). The number of hydrogen-bond acceptors (Lipinski definition) is 5. The smallest absolute Gasteiger partial charge is 0.0700 e. The van der Waals surface area contributed by atoms with E-state index in [1.807, 2.05) is 7.05 Å². The van der Waals surface area contributed by atoms with Gasteiger partial charge in [-0.25, -0.2) is 0 Å². The Hall–Kier alpha value is -0.950. The topological polar surface area (TPSA) is 62.4 Å². The molecule has 1 heterocycles. The number of ether oxygens (including phenoxy) is 2. The van der Waals surface area contributed by atoms with Gasteiger partial charge in [0, 0.05) is 51.0 Å². The van der Waals surface area contributed by atoms with Gasteiger partial charge in [-0.2, -0.15) is 5.10 Å². The monoisotopic (exact) mass is 338 g/mol. The Morgan fingerprint density at radius 3 is 3.04 bits per heavy atom. The quantitative estimate of drug-likeness (QED) is 0.604. The number of H-pyrrole nitrogens is 1. The predicted molar refractivity (Wildman–Crippen MR) is 96.2 cm³/mol. The molecule has 24 heavy (non-hydrogen) atoms. The summed E-state index contributed by atoms with van der Waals surface area (Å²) in [4.78, 5) is 2.35. The molecule has 2 unspecified atom stereocenters. The van der Waals surface area contributed by atoms with Gasteiger partial charge in [-0.05, 0) is 39.3 Å². The molecule has 1 aliphatic rings. The highest BCUT2D eigenvalue weighted by molar-refractivity contribution is 5.21. The van der Waals surface area contributed by atoms with Crippen LogP contribution in [0.4, 0.5) is 0 Å². The molecule has 6 nitrogen and oxygen atoms in total. The lowest BCUT2D eigenvalue weighted by Crippen LogP contribution is -2.27. The maximum atomic E-state index is 5.75. The summed E-state index contributed by atoms with van der Waals surface area (Å²) < 4.78 is 10.8. The Morgan fingerprint density at radius 2 is 2.25 bits per heavy atom. The van der Waals surface area contributed by atoms with Crippen LogP contribution >= 0.6 is 0 Å². The summed E-state index contributed by atoms with van der Waals surface area (Å²) in [6.07, 6.45) is 7.04. The molecule has 0 radical (unpaired) electrons. The molecule has 0 bridgehead atoms. The molecule has 0 amide bonds. The molecule has 0 spiro atoms. The second-order valence-electron chi connectivity index (χ2n) is 6.93. The fraction of sp³-hybridized carbons (Fsp3) is 0.833. The fourth-order valence-electron chi connectivity index (χ4n) is 3.56. The van der Waals surface area contributed by atoms with Gasteiger partial charge >= 0.3 is 0 Å². The van der Waals surface area contributed by atoms with Gasteiger partial charge in [0.15, 0.2) is 0 Å². The third-order valence-corrected chi connectivity index (χ3v) is 4.89. The van der Waals surface area contributed by atoms with Gasteiger partial charge in [0.05, 0.1) is 18.9 Å². The molecule has 0 saturated heterocycles. The average molecular weight is 338 g/mol. The lowest BCUT2D eigenvalue weighted by atomic mass is 9.79. The van der Waals surface area contributed by atoms with Crippen molar-refractivity contribution in [3.05, 3.63) is 17.5 Å². The fourth-order valence-corrected chi connectivity index (χ4v) is 3.56. The summed E-state index contributed by atoms with van der Waals surface area (Å²) in [6, 6.07) is 0. The highest BCUT2D eigenvalue weighted by atomic mass is 16.5. The van der Waals surface area contributed by atoms with E-state index >= 15 is 0 Å². The van der Waals surface area contributed by atoms with Crippen LogP contribution < -0.4 is 5.32 Å². The van der Waals surface area contributed by atoms with E-state index in [1.54, 1.807) is 7.11 Å². The highest BCUT2D eigenvalue weighted by Crippen LogP contribution is 2.36. The summed E-state index contributed by atoms with van der Waals surface area (Å²) in [5.41, 5.74) is 2.62. The normalized spacial score (nSPS) is 21.5. The lowest BCUT2D eigenvalue weighted by Gasteiger charge is -2.29. The van der Waals surface area contributed by atoms with E-state index < -0.39 is 0 Å². The molecular formula is C18H34N4O2. The molecule has 1 aromatic heterocycles. The van der Waals surface area contributed by atoms with Crippen LogP contribution in [0.5, 0.6) is 0 Å². The molecule has 1 fully saturated rings. The largest absolute Gasteiger partial charge is 0.382 e. The molecule has 0 aliphatic heterocycles. The number of rotatable bonds is 11. The zero-order chi connectivity index (χ0) is 17.2. The SMILES string of the molecule is CNCCN(C)Cc1c[nH]nc1C1CCCC(COCCOC)C1. The van der Waals surface area contributed by atoms with Gasteiger partial charge in [0.25, 0.3) is 0 Å². The molecule has 0 aromatic carbocycles. The first-order valence-electron chi connectivity index (χ1n) is 9.17. The summed E-state index contributed by atoms with van der Waals surface area (Å²) >= 11 is 0. The average Bonchev–Trinajstić information content (AvgIpc) is 3.05. The van der Waals surface area contributed by atoms with Crippen LogP contribution in [0.3, 0.4) is 0 Å². The Kier molecular flexibility index (Phi) is 8.74. The van der Waals surface area contributed by atoms with Gasteiger partial charge in [0.2, 0.25) is 0 Å². The van der Waals surface area contributed by atoms with E-state index in [9.17, 15) is 0 Å². The molecule has 1 aromatic rings. The summed E-state index contributed by atoms with van der Waals surface area (Å²) in [7, 11) is 5.88. The van der Waals surface area contributed by atoms with Crippen LogP contribution in [-0.2, 0) is 16.0 Å². The van der Waals surface area contributed by atoms with Crippen molar-refractivity contribution in [1.82, 2.24) is 20.4 Å². The molecule has 138 valence electrons. The van der Waals surface area contributed by atoms with Crippen molar-refractivity contribution < 1.29 is 9.47 Å². The highest BCUT2D eigenvalue weighted by Gasteiger charge is 2.26. The maximum absolute atomic E-state index is 5.75. The van der Waals surface area contributed by atoms with Crippen molar-refractivity contribution >= 4 is 0 Å². The zero-order valence-corrected chi connectivity index (χ0v) is 15.5. The van der Waals surface area contributed by atoms with Gasteiger partial charge in [-0.1, -0.05) is 6.42 Å². The number of likely N-dealkylation sites (N-methyl/N-ethyl adjacent to an activating group) is 2. The van der Waals surface area contributed by atoms with Crippen LogP contribution in [0.1, 0.15) is 42.9 Å². The van der Waals surface area contributed by atoms with Crippen LogP contribution in [0, 0.1) is 5.92 Å². The first-order valence-corrected chi connectivity index (χ1v) is 9.17. The van der Waals surface area contributed by atoms with Crippen LogP contribution in [0.15, 0.2) is 6.20 Å². The van der Waals surface area contributed by atoms with E-state index in [1.165, 1.54) is 36.9 Å². The summed E-state index contributed by atoms with van der Waals surface area (Å²) in [5.74, 6) is 1.21. The number of aromatic nitrogens is 2. The van der Waals surface area contributed by atoms with E-state index in [2.05, 4.69) is 33.7 Å². The van der Waals surface area contributed by atoms with E-state index in [-0.39, 0.29) is 0 Å². The van der Waals surface area contributed by atoms with Gasteiger partial charge in [0.1, 0.15) is 0 Å². The van der Waals surface area contributed by atoms with E-state index in [0.29, 0.717) is 25.0 Å². The standard InChI is InChI=1S/C18H34N4O2/c1-19-7-8-22(2)13-17-12-20-21-18(17)16-6-4-5-15(11-16)14-24-10-9-23-3/h12,15-16,19H,4-11,13-14H2,1-3H3,(H,20,21). The van der Waals surface area contributed by atoms with Crippen molar-refractivity contribution in [1.29, 1.82) is 0 Å². The van der Waals surface area contributed by atoms with Crippen molar-refractivity contribution in [2.45, 2.75) is 38.1 Å². The minimum Gasteiger partial charge on any atom is -0.382 e. The Balaban J connectivity index is 1.85. The van der Waals surface area contributed by atoms with Gasteiger partial charge in [-0.15, -0.1) is 0 Å². The second-order valence-corrected chi connectivity index (χ2v) is 6.93. The Morgan fingerprint density at radius 1 is 1.38 bits per heavy atom. The third-order valence-electron chi connectivity index (χ3n) is 4.89. The minimum absolute atomic E-state index is 0.564. The van der Waals surface area contributed by atoms with Gasteiger partial charge < -0.3 is 19.7 Å². The number of hydrogen-bond donors (Lipinski definition) is 2. The van der Waals surface area contributed by atoms with Crippen molar-refractivity contribution in [3.8, 4) is 0 Å². The van der Waals surface area contributed by atoms with Crippen molar-refractivity contribution in [3.63, 3.8) is 0 Å². The van der Waals surface area contributed by atoms with Crippen LogP contribution in [-0.4, -0.2) is 69.2 Å². The molecule has 6 heteroatoms. The van der Waals surface area contributed by atoms with Gasteiger partial charge in [-0.3, -0.25) is 5.10 Å². The zero-order valence-electron chi connectivity index (χ0n) is 15.5. The van der Waals surface area contributed by atoms with Crippen molar-refractivity contribution in [2.75, 3.05) is 54.1 Å². The molecule has 2 N–H and O–H groups in total. The second kappa shape index (κ2) is 10.8. The molecule has 2 atom stereocenters. The Labute approximate surface area is 146 Å². The first kappa shape index (κ1) is 19.4. The van der Waals surface area contributed by atoms with E-state index in [4.69, 9.17) is 9.47 Å². The maximum Gasteiger partial charge on any atom is 0.0700 e. The van der Waals surface area contributed by atoms with E-state index in [0.717, 1.165) is 26.2 Å². The molecule has 1 saturated carbocycles. The Bertz CT molecular complexity index is 452. The first-order chi connectivity index (χ1) is 11.7. The number of methoxy groups -OCH3 is 1. The predicted octanol–water partition coefficient (Wildman–Crippen LogP) is 2.00. The number of nitrogens with zero attached hydrogens (tertiary/aromatic N) is 2. The summed E-state index contributed by atoms with van der Waals surface area (Å²) in [6.45, 7) is 5.23. The number of aromatic amines is 1. The minimum atomic E-state index is 0.564. The number of nitrogens with one attached hydrogen (secondary N) is 2. The molecule has 1 aliphatic carbocycles. The van der Waals surface area contributed by atoms with Crippen LogP contribution in [0.25, 0.3) is 0 Å². The summed E-state index contributed by atoms with van der Waals surface area (Å²) in [5, 5.41) is 10.9. The molecular weight excluding hydrogens is 304 g/mol. The van der Waals surface area contributed by atoms with Crippen molar-refractivity contribution in [2.24, 2.45) is 5.92 Å². The lowest BCUT2D eigenvalue weighted by molar-refractivity contribution is 0.0416. The van der Waals surface area contributed by atoms with Crippen LogP contribution in [0.2, 0.25) is 0 Å². The third kappa shape index (κ3) is 6.16.